The highest BCUT2D eigenvalue weighted by atomic mass is 35.5. The smallest absolute Gasteiger partial charge is 0.0540 e. The van der Waals surface area contributed by atoms with Gasteiger partial charge in [-0.05, 0) is 13.3 Å². The number of rotatable bonds is 3. The second-order valence-corrected chi connectivity index (χ2v) is 2.81. The molecule has 0 saturated heterocycles. The van der Waals surface area contributed by atoms with E-state index in [-0.39, 0.29) is 5.38 Å². The predicted molar refractivity (Wildman–Crippen MR) is 44.4 cm³/mol. The number of allylic oxidation sites excluding steroid dienone is 2. The molecule has 0 amide bonds. The molecule has 0 heterocycles. The fourth-order valence-electron chi connectivity index (χ4n) is 0.572. The van der Waals surface area contributed by atoms with Gasteiger partial charge in [-0.1, -0.05) is 18.6 Å². The largest absolute Gasteiger partial charge is 0.122 e. The lowest BCUT2D eigenvalue weighted by Crippen LogP contribution is -1.97. The molecule has 2 heteroatoms. The molecule has 0 aromatic carbocycles. The maximum absolute atomic E-state index is 5.87. The topological polar surface area (TPSA) is 0 Å². The molecule has 0 aliphatic carbocycles. The van der Waals surface area contributed by atoms with Crippen molar-refractivity contribution >= 4 is 23.2 Å². The first kappa shape index (κ1) is 9.32. The number of halogens is 2. The van der Waals surface area contributed by atoms with Gasteiger partial charge < -0.3 is 0 Å². The lowest BCUT2D eigenvalue weighted by atomic mass is 10.2. The Labute approximate surface area is 66.8 Å². The summed E-state index contributed by atoms with van der Waals surface area (Å²) in [5, 5.41) is 0.170. The van der Waals surface area contributed by atoms with Crippen LogP contribution >= 0.6 is 23.2 Å². The fourth-order valence-corrected chi connectivity index (χ4v) is 0.904. The molecule has 0 aliphatic rings. The Morgan fingerprint density at radius 2 is 2.22 bits per heavy atom. The molecular weight excluding hydrogens is 155 g/mol. The molecule has 0 N–H and O–H groups in total. The Morgan fingerprint density at radius 1 is 1.67 bits per heavy atom. The van der Waals surface area contributed by atoms with Crippen LogP contribution in [0.1, 0.15) is 20.3 Å². The van der Waals surface area contributed by atoms with Crippen LogP contribution in [0.3, 0.4) is 0 Å². The van der Waals surface area contributed by atoms with Gasteiger partial charge in [-0.25, -0.2) is 0 Å². The fraction of sp³-hybridized carbons (Fsp3) is 0.714. The molecule has 0 rings (SSSR count). The van der Waals surface area contributed by atoms with Crippen LogP contribution in [-0.2, 0) is 0 Å². The second-order valence-electron chi connectivity index (χ2n) is 1.98. The first-order chi connectivity index (χ1) is 4.22. The van der Waals surface area contributed by atoms with Crippen LogP contribution in [0.15, 0.2) is 11.6 Å². The summed E-state index contributed by atoms with van der Waals surface area (Å²) in [6.45, 7) is 4.06. The van der Waals surface area contributed by atoms with Crippen molar-refractivity contribution in [2.24, 2.45) is 0 Å². The zero-order valence-corrected chi connectivity index (χ0v) is 7.34. The first-order valence-electron chi connectivity index (χ1n) is 3.09. The minimum atomic E-state index is 0.170. The Bertz CT molecular complexity index is 97.1. The monoisotopic (exact) mass is 166 g/mol. The molecule has 0 aliphatic heterocycles. The molecule has 0 aromatic rings. The van der Waals surface area contributed by atoms with Crippen molar-refractivity contribution in [3.8, 4) is 0 Å². The van der Waals surface area contributed by atoms with Crippen LogP contribution in [0.5, 0.6) is 0 Å². The minimum Gasteiger partial charge on any atom is -0.122 e. The zero-order valence-electron chi connectivity index (χ0n) is 5.82. The maximum Gasteiger partial charge on any atom is 0.0540 e. The molecule has 0 nitrogen and oxygen atoms in total. The lowest BCUT2D eigenvalue weighted by Gasteiger charge is -2.04. The summed E-state index contributed by atoms with van der Waals surface area (Å²) in [6, 6.07) is 0. The van der Waals surface area contributed by atoms with Gasteiger partial charge in [0.05, 0.1) is 5.38 Å². The average Bonchev–Trinajstić information content (AvgIpc) is 1.87. The first-order valence-corrected chi connectivity index (χ1v) is 4.06. The number of hydrogen-bond donors (Lipinski definition) is 0. The Balaban J connectivity index is 3.70. The van der Waals surface area contributed by atoms with Crippen LogP contribution < -0.4 is 0 Å². The van der Waals surface area contributed by atoms with E-state index in [9.17, 15) is 0 Å². The highest BCUT2D eigenvalue weighted by molar-refractivity contribution is 6.22. The van der Waals surface area contributed by atoms with Gasteiger partial charge in [-0.3, -0.25) is 0 Å². The summed E-state index contributed by atoms with van der Waals surface area (Å²) in [4.78, 5) is 0. The third-order valence-corrected chi connectivity index (χ3v) is 2.06. The zero-order chi connectivity index (χ0) is 7.28. The van der Waals surface area contributed by atoms with Crippen molar-refractivity contribution < 1.29 is 0 Å². The SMILES string of the molecule is CCC(Cl)/C(C)=C/CCl. The molecule has 0 bridgehead atoms. The number of alkyl halides is 2. The van der Waals surface area contributed by atoms with Crippen LogP contribution in [0.4, 0.5) is 0 Å². The van der Waals surface area contributed by atoms with Gasteiger partial charge >= 0.3 is 0 Å². The van der Waals surface area contributed by atoms with Crippen LogP contribution in [-0.4, -0.2) is 11.3 Å². The third-order valence-electron chi connectivity index (χ3n) is 1.25. The van der Waals surface area contributed by atoms with E-state index >= 15 is 0 Å². The predicted octanol–water partition coefficient (Wildman–Crippen LogP) is 3.19. The summed E-state index contributed by atoms with van der Waals surface area (Å²) in [5.41, 5.74) is 1.18. The summed E-state index contributed by atoms with van der Waals surface area (Å²) in [6.07, 6.45) is 2.92. The van der Waals surface area contributed by atoms with Crippen molar-refractivity contribution in [3.05, 3.63) is 11.6 Å². The quantitative estimate of drug-likeness (QED) is 0.447. The van der Waals surface area contributed by atoms with Gasteiger partial charge in [0.15, 0.2) is 0 Å². The summed E-state index contributed by atoms with van der Waals surface area (Å²) >= 11 is 11.3. The van der Waals surface area contributed by atoms with Gasteiger partial charge in [-0.15, -0.1) is 23.2 Å². The molecule has 0 aromatic heterocycles. The highest BCUT2D eigenvalue weighted by Crippen LogP contribution is 2.12. The summed E-state index contributed by atoms with van der Waals surface area (Å²) in [7, 11) is 0. The molecule has 54 valence electrons. The van der Waals surface area contributed by atoms with Gasteiger partial charge in [0, 0.05) is 5.88 Å². The Hall–Kier alpha value is 0.320. The normalized spacial score (nSPS) is 15.8. The summed E-state index contributed by atoms with van der Waals surface area (Å²) < 4.78 is 0. The molecule has 1 atom stereocenters. The maximum atomic E-state index is 5.87. The van der Waals surface area contributed by atoms with Crippen LogP contribution in [0.25, 0.3) is 0 Å². The van der Waals surface area contributed by atoms with E-state index in [0.717, 1.165) is 6.42 Å². The van der Waals surface area contributed by atoms with E-state index in [2.05, 4.69) is 6.92 Å². The van der Waals surface area contributed by atoms with Crippen LogP contribution in [0, 0.1) is 0 Å². The summed E-state index contributed by atoms with van der Waals surface area (Å²) in [5.74, 6) is 0.565. The lowest BCUT2D eigenvalue weighted by molar-refractivity contribution is 0.912. The van der Waals surface area contributed by atoms with Crippen molar-refractivity contribution in [2.75, 3.05) is 5.88 Å². The van der Waals surface area contributed by atoms with E-state index < -0.39 is 0 Å². The van der Waals surface area contributed by atoms with Crippen molar-refractivity contribution in [2.45, 2.75) is 25.6 Å². The van der Waals surface area contributed by atoms with E-state index in [0.29, 0.717) is 5.88 Å². The molecule has 1 unspecified atom stereocenters. The van der Waals surface area contributed by atoms with E-state index in [1.54, 1.807) is 0 Å². The van der Waals surface area contributed by atoms with E-state index in [4.69, 9.17) is 23.2 Å². The average molecular weight is 167 g/mol. The Morgan fingerprint density at radius 3 is 2.56 bits per heavy atom. The van der Waals surface area contributed by atoms with Gasteiger partial charge in [0.1, 0.15) is 0 Å². The standard InChI is InChI=1S/C7H12Cl2/c1-3-7(9)6(2)4-5-8/h4,7H,3,5H2,1-2H3/b6-4+. The van der Waals surface area contributed by atoms with Crippen LogP contribution in [0.2, 0.25) is 0 Å². The van der Waals surface area contributed by atoms with Gasteiger partial charge in [0.2, 0.25) is 0 Å². The molecule has 0 radical (unpaired) electrons. The molecule has 0 saturated carbocycles. The van der Waals surface area contributed by atoms with Crippen molar-refractivity contribution in [3.63, 3.8) is 0 Å². The molecule has 9 heavy (non-hydrogen) atoms. The van der Waals surface area contributed by atoms with Gasteiger partial charge in [-0.2, -0.15) is 0 Å². The second kappa shape index (κ2) is 5.13. The highest BCUT2D eigenvalue weighted by Gasteiger charge is 2.00. The molecule has 0 spiro atoms. The molecule has 0 fully saturated rings. The van der Waals surface area contributed by atoms with E-state index in [1.807, 2.05) is 13.0 Å². The van der Waals surface area contributed by atoms with Crippen molar-refractivity contribution in [1.82, 2.24) is 0 Å². The van der Waals surface area contributed by atoms with Gasteiger partial charge in [0.25, 0.3) is 0 Å². The Kier molecular flexibility index (Phi) is 5.31. The van der Waals surface area contributed by atoms with E-state index in [1.165, 1.54) is 5.57 Å². The minimum absolute atomic E-state index is 0.170. The third kappa shape index (κ3) is 3.83. The number of hydrogen-bond acceptors (Lipinski definition) is 0. The van der Waals surface area contributed by atoms with Crippen molar-refractivity contribution in [1.29, 1.82) is 0 Å². The molecular formula is C7H12Cl2.